The van der Waals surface area contributed by atoms with Gasteiger partial charge in [-0.25, -0.2) is 9.97 Å². The van der Waals surface area contributed by atoms with Crippen LogP contribution in [0, 0.1) is 13.8 Å². The smallest absolute Gasteiger partial charge is 0.266 e. The van der Waals surface area contributed by atoms with Crippen LogP contribution >= 0.6 is 0 Å². The normalized spacial score (nSPS) is 12.0. The lowest BCUT2D eigenvalue weighted by atomic mass is 10.1. The van der Waals surface area contributed by atoms with Gasteiger partial charge in [0.2, 0.25) is 5.95 Å². The van der Waals surface area contributed by atoms with E-state index in [1.807, 2.05) is 62.4 Å². The van der Waals surface area contributed by atoms with Crippen LogP contribution in [-0.2, 0) is 0 Å². The molecule has 0 aliphatic heterocycles. The fourth-order valence-corrected chi connectivity index (χ4v) is 3.84. The molecule has 0 saturated carbocycles. The van der Waals surface area contributed by atoms with Crippen LogP contribution in [0.25, 0.3) is 16.6 Å². The predicted octanol–water partition coefficient (Wildman–Crippen LogP) is 3.75. The molecule has 0 aliphatic carbocycles. The van der Waals surface area contributed by atoms with Crippen LogP contribution in [0.15, 0.2) is 53.3 Å². The van der Waals surface area contributed by atoms with Crippen molar-refractivity contribution in [3.8, 4) is 5.69 Å². The number of nitrogens with two attached hydrogens (primary N) is 1. The fourth-order valence-electron chi connectivity index (χ4n) is 3.84. The summed E-state index contributed by atoms with van der Waals surface area (Å²) in [5.41, 5.74) is 8.66. The highest BCUT2D eigenvalue weighted by Crippen LogP contribution is 2.26. The molecule has 2 aromatic carbocycles. The minimum Gasteiger partial charge on any atom is -0.368 e. The maximum Gasteiger partial charge on any atom is 0.266 e. The molecule has 2 heterocycles. The van der Waals surface area contributed by atoms with Gasteiger partial charge < -0.3 is 11.1 Å². The van der Waals surface area contributed by atoms with E-state index in [4.69, 9.17) is 10.7 Å². The molecule has 0 amide bonds. The summed E-state index contributed by atoms with van der Waals surface area (Å²) in [5.74, 6) is 0.900. The molecule has 0 radical (unpaired) electrons. The van der Waals surface area contributed by atoms with E-state index in [1.165, 1.54) is 0 Å². The molecule has 8 heteroatoms. The predicted molar refractivity (Wildman–Crippen MR) is 125 cm³/mol. The molecular weight excluding hydrogens is 404 g/mol. The van der Waals surface area contributed by atoms with Crippen molar-refractivity contribution in [2.75, 3.05) is 11.1 Å². The van der Waals surface area contributed by atoms with Gasteiger partial charge in [0.15, 0.2) is 6.29 Å². The molecule has 162 valence electrons. The van der Waals surface area contributed by atoms with Gasteiger partial charge in [-0.05, 0) is 44.0 Å². The molecule has 0 fully saturated rings. The first kappa shape index (κ1) is 21.2. The summed E-state index contributed by atoms with van der Waals surface area (Å²) in [4.78, 5) is 38.5. The number of benzene rings is 2. The molecule has 2 aromatic heterocycles. The summed E-state index contributed by atoms with van der Waals surface area (Å²) < 4.78 is 1.62. The Labute approximate surface area is 185 Å². The summed E-state index contributed by atoms with van der Waals surface area (Å²) in [7, 11) is 0. The number of nitrogens with one attached hydrogen (secondary N) is 1. The van der Waals surface area contributed by atoms with Gasteiger partial charge in [-0.3, -0.25) is 14.2 Å². The number of nitrogens with zero attached hydrogens (tertiary/aromatic N) is 4. The number of aldehydes is 1. The van der Waals surface area contributed by atoms with Crippen molar-refractivity contribution in [2.24, 2.45) is 0 Å². The van der Waals surface area contributed by atoms with E-state index in [0.717, 1.165) is 5.56 Å². The van der Waals surface area contributed by atoms with Gasteiger partial charge in [0.25, 0.3) is 5.56 Å². The standard InChI is InChI=1S/C24H24N6O2/c1-4-18(27-21-17(13-31)15(3)26-24(25)29-21)22-28-19-12-8-9-14(2)20(19)23(32)30(22)16-10-6-5-7-11-16/h5-13,18H,4H2,1-3H3,(H3,25,26,27,29). The van der Waals surface area contributed by atoms with Crippen LogP contribution in [0.5, 0.6) is 0 Å². The van der Waals surface area contributed by atoms with Crippen LogP contribution in [-0.4, -0.2) is 25.8 Å². The van der Waals surface area contributed by atoms with E-state index in [-0.39, 0.29) is 11.5 Å². The Morgan fingerprint density at radius 1 is 1.06 bits per heavy atom. The number of hydrogen-bond donors (Lipinski definition) is 2. The van der Waals surface area contributed by atoms with Crippen LogP contribution in [0.3, 0.4) is 0 Å². The maximum atomic E-state index is 13.7. The lowest BCUT2D eigenvalue weighted by Crippen LogP contribution is -2.29. The molecule has 8 nitrogen and oxygen atoms in total. The van der Waals surface area contributed by atoms with Crippen molar-refractivity contribution in [3.63, 3.8) is 0 Å². The second-order valence-corrected chi connectivity index (χ2v) is 7.57. The summed E-state index contributed by atoms with van der Waals surface area (Å²) in [6, 6.07) is 14.6. The van der Waals surface area contributed by atoms with Crippen LogP contribution < -0.4 is 16.6 Å². The number of aryl methyl sites for hydroxylation is 2. The Kier molecular flexibility index (Phi) is 5.68. The molecule has 1 atom stereocenters. The highest BCUT2D eigenvalue weighted by Gasteiger charge is 2.23. The van der Waals surface area contributed by atoms with Crippen LogP contribution in [0.1, 0.15) is 46.8 Å². The Hall–Kier alpha value is -4.07. The van der Waals surface area contributed by atoms with Crippen molar-refractivity contribution < 1.29 is 4.79 Å². The SMILES string of the molecule is CCC(Nc1nc(N)nc(C)c1C=O)c1nc2cccc(C)c2c(=O)n1-c1ccccc1. The molecule has 4 aromatic rings. The number of nitrogen functional groups attached to an aromatic ring is 1. The first-order valence-corrected chi connectivity index (χ1v) is 10.4. The van der Waals surface area contributed by atoms with Crippen molar-refractivity contribution in [2.45, 2.75) is 33.2 Å². The molecule has 0 saturated heterocycles. The number of fused-ring (bicyclic) bond motifs is 1. The van der Waals surface area contributed by atoms with E-state index < -0.39 is 6.04 Å². The fraction of sp³-hybridized carbons (Fsp3) is 0.208. The molecule has 4 rings (SSSR count). The zero-order valence-electron chi connectivity index (χ0n) is 18.2. The summed E-state index contributed by atoms with van der Waals surface area (Å²) in [6.45, 7) is 5.57. The maximum absolute atomic E-state index is 13.7. The van der Waals surface area contributed by atoms with Crippen LogP contribution in [0.4, 0.5) is 11.8 Å². The highest BCUT2D eigenvalue weighted by molar-refractivity contribution is 5.84. The van der Waals surface area contributed by atoms with E-state index in [9.17, 15) is 9.59 Å². The van der Waals surface area contributed by atoms with Crippen molar-refractivity contribution in [1.82, 2.24) is 19.5 Å². The van der Waals surface area contributed by atoms with Gasteiger partial charge in [0.1, 0.15) is 11.6 Å². The lowest BCUT2D eigenvalue weighted by Gasteiger charge is -2.23. The third-order valence-electron chi connectivity index (χ3n) is 5.45. The first-order valence-electron chi connectivity index (χ1n) is 10.4. The number of hydrogen-bond acceptors (Lipinski definition) is 7. The summed E-state index contributed by atoms with van der Waals surface area (Å²) in [5, 5.41) is 3.85. The van der Waals surface area contributed by atoms with E-state index in [1.54, 1.807) is 11.5 Å². The molecule has 32 heavy (non-hydrogen) atoms. The molecule has 1 unspecified atom stereocenters. The second kappa shape index (κ2) is 8.58. The first-order chi connectivity index (χ1) is 15.4. The van der Waals surface area contributed by atoms with Gasteiger partial charge in [-0.2, -0.15) is 4.98 Å². The number of aromatic nitrogens is 4. The number of rotatable bonds is 6. The minimum absolute atomic E-state index is 0.0630. The Morgan fingerprint density at radius 2 is 1.81 bits per heavy atom. The van der Waals surface area contributed by atoms with Gasteiger partial charge in [0.05, 0.1) is 33.9 Å². The number of para-hydroxylation sites is 1. The van der Waals surface area contributed by atoms with Crippen molar-refractivity contribution in [1.29, 1.82) is 0 Å². The topological polar surface area (TPSA) is 116 Å². The van der Waals surface area contributed by atoms with Gasteiger partial charge in [-0.1, -0.05) is 37.3 Å². The van der Waals surface area contributed by atoms with Crippen molar-refractivity contribution in [3.05, 3.63) is 81.5 Å². The number of anilines is 2. The zero-order valence-corrected chi connectivity index (χ0v) is 18.2. The molecule has 0 spiro atoms. The average molecular weight is 428 g/mol. The lowest BCUT2D eigenvalue weighted by molar-refractivity contribution is 0.112. The third-order valence-corrected chi connectivity index (χ3v) is 5.45. The average Bonchev–Trinajstić information content (AvgIpc) is 2.77. The third kappa shape index (κ3) is 3.71. The molecule has 3 N–H and O–H groups in total. The minimum atomic E-state index is -0.416. The monoisotopic (exact) mass is 428 g/mol. The zero-order chi connectivity index (χ0) is 22.8. The van der Waals surface area contributed by atoms with Crippen molar-refractivity contribution >= 4 is 29.0 Å². The summed E-state index contributed by atoms with van der Waals surface area (Å²) >= 11 is 0. The molecule has 0 bridgehead atoms. The largest absolute Gasteiger partial charge is 0.368 e. The van der Waals surface area contributed by atoms with Crippen LogP contribution in [0.2, 0.25) is 0 Å². The molecule has 0 aliphatic rings. The Bertz CT molecular complexity index is 1360. The summed E-state index contributed by atoms with van der Waals surface area (Å²) in [6.07, 6.45) is 1.28. The second-order valence-electron chi connectivity index (χ2n) is 7.57. The van der Waals surface area contributed by atoms with E-state index in [0.29, 0.717) is 52.2 Å². The number of carbonyl (C=O) groups is 1. The Morgan fingerprint density at radius 3 is 2.50 bits per heavy atom. The van der Waals surface area contributed by atoms with Gasteiger partial charge in [0, 0.05) is 0 Å². The van der Waals surface area contributed by atoms with E-state index in [2.05, 4.69) is 15.3 Å². The quantitative estimate of drug-likeness (QED) is 0.449. The van der Waals surface area contributed by atoms with E-state index >= 15 is 0 Å². The van der Waals surface area contributed by atoms with Gasteiger partial charge >= 0.3 is 0 Å². The van der Waals surface area contributed by atoms with Gasteiger partial charge in [-0.15, -0.1) is 0 Å². The molecular formula is C24H24N6O2. The highest BCUT2D eigenvalue weighted by atomic mass is 16.1. The Balaban J connectivity index is 1.97. The number of carbonyl (C=O) groups excluding carboxylic acids is 1.